The summed E-state index contributed by atoms with van der Waals surface area (Å²) >= 11 is 9.82. The highest BCUT2D eigenvalue weighted by Crippen LogP contribution is 2.41. The molecule has 0 bridgehead atoms. The van der Waals surface area contributed by atoms with Crippen LogP contribution in [0.25, 0.3) is 0 Å². The summed E-state index contributed by atoms with van der Waals surface area (Å²) in [5.74, 6) is 0.594. The Morgan fingerprint density at radius 2 is 1.95 bits per heavy atom. The van der Waals surface area contributed by atoms with Gasteiger partial charge in [0, 0.05) is 21.2 Å². The van der Waals surface area contributed by atoms with E-state index in [-0.39, 0.29) is 0 Å². The molecule has 0 saturated heterocycles. The summed E-state index contributed by atoms with van der Waals surface area (Å²) in [4.78, 5) is 0. The maximum atomic E-state index is 6.28. The van der Waals surface area contributed by atoms with Gasteiger partial charge in [-0.3, -0.25) is 0 Å². The van der Waals surface area contributed by atoms with Crippen molar-refractivity contribution in [3.05, 3.63) is 63.1 Å². The smallest absolute Gasteiger partial charge is 0.0440 e. The van der Waals surface area contributed by atoms with Crippen molar-refractivity contribution in [1.29, 1.82) is 0 Å². The minimum Gasteiger partial charge on any atom is -0.382 e. The Morgan fingerprint density at radius 1 is 1.19 bits per heavy atom. The van der Waals surface area contributed by atoms with Crippen LogP contribution in [0, 0.1) is 0 Å². The summed E-state index contributed by atoms with van der Waals surface area (Å²) in [6.45, 7) is 2.19. The minimum absolute atomic E-state index is 0.553. The number of anilines is 1. The van der Waals surface area contributed by atoms with E-state index < -0.39 is 0 Å². The molecule has 0 heterocycles. The van der Waals surface area contributed by atoms with E-state index in [1.165, 1.54) is 16.8 Å². The maximum Gasteiger partial charge on any atom is 0.0440 e. The van der Waals surface area contributed by atoms with Gasteiger partial charge in [0.15, 0.2) is 0 Å². The molecule has 3 heteroatoms. The molecule has 110 valence electrons. The number of aryl methyl sites for hydroxylation is 1. The number of hydrogen-bond acceptors (Lipinski definition) is 1. The lowest BCUT2D eigenvalue weighted by Gasteiger charge is -2.37. The van der Waals surface area contributed by atoms with Crippen molar-refractivity contribution in [3.63, 3.8) is 0 Å². The Labute approximate surface area is 139 Å². The molecule has 0 radical (unpaired) electrons. The minimum atomic E-state index is 0.553. The molecule has 1 saturated carbocycles. The van der Waals surface area contributed by atoms with Crippen molar-refractivity contribution in [2.75, 3.05) is 5.32 Å². The normalized spacial score (nSPS) is 20.9. The zero-order valence-electron chi connectivity index (χ0n) is 12.1. The molecule has 0 spiro atoms. The third-order valence-electron chi connectivity index (χ3n) is 4.29. The molecule has 1 fully saturated rings. The number of rotatable bonds is 4. The fourth-order valence-corrected chi connectivity index (χ4v) is 3.71. The van der Waals surface area contributed by atoms with Crippen LogP contribution in [0.1, 0.15) is 36.8 Å². The molecule has 1 N–H and O–H groups in total. The van der Waals surface area contributed by atoms with Crippen molar-refractivity contribution in [1.82, 2.24) is 0 Å². The predicted molar refractivity (Wildman–Crippen MR) is 94.4 cm³/mol. The van der Waals surface area contributed by atoms with E-state index in [4.69, 9.17) is 11.6 Å². The van der Waals surface area contributed by atoms with Crippen LogP contribution in [-0.2, 0) is 6.42 Å². The molecule has 1 aliphatic rings. The van der Waals surface area contributed by atoms with Crippen LogP contribution in [0.4, 0.5) is 5.69 Å². The number of nitrogens with one attached hydrogen (secondary N) is 1. The fourth-order valence-electron chi connectivity index (χ4n) is 3.01. The van der Waals surface area contributed by atoms with Crippen molar-refractivity contribution >= 4 is 33.2 Å². The Morgan fingerprint density at radius 3 is 2.67 bits per heavy atom. The quantitative estimate of drug-likeness (QED) is 0.699. The molecule has 1 aliphatic carbocycles. The SMILES string of the molecule is CCc1cc(Br)ccc1NC1CC(c2ccccc2Cl)C1. The van der Waals surface area contributed by atoms with Crippen LogP contribution in [0.3, 0.4) is 0 Å². The van der Waals surface area contributed by atoms with E-state index in [1.54, 1.807) is 0 Å². The first-order chi connectivity index (χ1) is 10.2. The van der Waals surface area contributed by atoms with Crippen LogP contribution < -0.4 is 5.32 Å². The first kappa shape index (κ1) is 14.9. The second-order valence-electron chi connectivity index (χ2n) is 5.69. The van der Waals surface area contributed by atoms with Crippen molar-refractivity contribution in [2.24, 2.45) is 0 Å². The summed E-state index contributed by atoms with van der Waals surface area (Å²) in [7, 11) is 0. The van der Waals surface area contributed by atoms with Gasteiger partial charge in [0.2, 0.25) is 0 Å². The van der Waals surface area contributed by atoms with Gasteiger partial charge in [-0.1, -0.05) is 52.7 Å². The highest BCUT2D eigenvalue weighted by molar-refractivity contribution is 9.10. The lowest BCUT2D eigenvalue weighted by Crippen LogP contribution is -2.34. The van der Waals surface area contributed by atoms with Gasteiger partial charge in [-0.25, -0.2) is 0 Å². The Bertz CT molecular complexity index is 635. The van der Waals surface area contributed by atoms with Gasteiger partial charge in [-0.2, -0.15) is 0 Å². The molecule has 0 unspecified atom stereocenters. The third-order valence-corrected chi connectivity index (χ3v) is 5.13. The number of hydrogen-bond donors (Lipinski definition) is 1. The number of halogens is 2. The molecule has 2 aromatic carbocycles. The van der Waals surface area contributed by atoms with E-state index in [9.17, 15) is 0 Å². The Kier molecular flexibility index (Phi) is 4.56. The molecule has 3 rings (SSSR count). The standard InChI is InChI=1S/C18H19BrClN/c1-2-12-9-14(19)7-8-18(12)21-15-10-13(11-15)16-5-3-4-6-17(16)20/h3-9,13,15,21H,2,10-11H2,1H3. The van der Waals surface area contributed by atoms with Crippen LogP contribution in [0.5, 0.6) is 0 Å². The monoisotopic (exact) mass is 363 g/mol. The molecule has 0 amide bonds. The average Bonchev–Trinajstić information content (AvgIpc) is 2.44. The van der Waals surface area contributed by atoms with Gasteiger partial charge in [0.1, 0.15) is 0 Å². The zero-order valence-corrected chi connectivity index (χ0v) is 14.4. The van der Waals surface area contributed by atoms with Crippen LogP contribution in [0.2, 0.25) is 5.02 Å². The van der Waals surface area contributed by atoms with Gasteiger partial charge in [-0.15, -0.1) is 0 Å². The van der Waals surface area contributed by atoms with E-state index in [0.29, 0.717) is 12.0 Å². The second kappa shape index (κ2) is 6.41. The van der Waals surface area contributed by atoms with Crippen LogP contribution in [-0.4, -0.2) is 6.04 Å². The largest absolute Gasteiger partial charge is 0.382 e. The third kappa shape index (κ3) is 3.27. The first-order valence-corrected chi connectivity index (χ1v) is 8.64. The first-order valence-electron chi connectivity index (χ1n) is 7.46. The lowest BCUT2D eigenvalue weighted by molar-refractivity contribution is 0.374. The van der Waals surface area contributed by atoms with Gasteiger partial charge in [0.25, 0.3) is 0 Å². The van der Waals surface area contributed by atoms with Crippen molar-refractivity contribution in [3.8, 4) is 0 Å². The van der Waals surface area contributed by atoms with Gasteiger partial charge in [-0.05, 0) is 60.6 Å². The summed E-state index contributed by atoms with van der Waals surface area (Å²) in [5.41, 5.74) is 3.93. The van der Waals surface area contributed by atoms with Gasteiger partial charge < -0.3 is 5.32 Å². The van der Waals surface area contributed by atoms with E-state index in [1.807, 2.05) is 12.1 Å². The number of benzene rings is 2. The predicted octanol–water partition coefficient (Wildman–Crippen LogP) is 6.02. The summed E-state index contributed by atoms with van der Waals surface area (Å²) < 4.78 is 1.15. The summed E-state index contributed by atoms with van der Waals surface area (Å²) in [5, 5.41) is 4.58. The molecular weight excluding hydrogens is 346 g/mol. The van der Waals surface area contributed by atoms with Crippen LogP contribution >= 0.6 is 27.5 Å². The molecule has 1 nitrogen and oxygen atoms in total. The molecule has 0 aliphatic heterocycles. The van der Waals surface area contributed by atoms with Gasteiger partial charge >= 0.3 is 0 Å². The summed E-state index contributed by atoms with van der Waals surface area (Å²) in [6, 6.07) is 15.2. The Balaban J connectivity index is 1.64. The Hall–Kier alpha value is -0.990. The maximum absolute atomic E-state index is 6.28. The second-order valence-corrected chi connectivity index (χ2v) is 7.01. The van der Waals surface area contributed by atoms with Crippen molar-refractivity contribution in [2.45, 2.75) is 38.1 Å². The van der Waals surface area contributed by atoms with E-state index >= 15 is 0 Å². The molecule has 0 atom stereocenters. The average molecular weight is 365 g/mol. The van der Waals surface area contributed by atoms with Gasteiger partial charge in [0.05, 0.1) is 0 Å². The van der Waals surface area contributed by atoms with Crippen LogP contribution in [0.15, 0.2) is 46.9 Å². The zero-order chi connectivity index (χ0) is 14.8. The lowest BCUT2D eigenvalue weighted by atomic mass is 9.75. The molecule has 2 aromatic rings. The molecule has 21 heavy (non-hydrogen) atoms. The molecule has 0 aromatic heterocycles. The van der Waals surface area contributed by atoms with E-state index in [2.05, 4.69) is 58.5 Å². The van der Waals surface area contributed by atoms with Crippen molar-refractivity contribution < 1.29 is 0 Å². The highest BCUT2D eigenvalue weighted by Gasteiger charge is 2.31. The van der Waals surface area contributed by atoms with E-state index in [0.717, 1.165) is 28.8 Å². The summed E-state index contributed by atoms with van der Waals surface area (Å²) in [6.07, 6.45) is 3.36. The topological polar surface area (TPSA) is 12.0 Å². The fraction of sp³-hybridized carbons (Fsp3) is 0.333. The highest BCUT2D eigenvalue weighted by atomic mass is 79.9. The molecular formula is C18H19BrClN.